The lowest BCUT2D eigenvalue weighted by Gasteiger charge is -2.31. The fraction of sp³-hybridized carbons (Fsp3) is 0.579. The Morgan fingerprint density at radius 1 is 1.24 bits per heavy atom. The number of ether oxygens (including phenoxy) is 1. The molecule has 138 valence electrons. The standard InChI is InChI=1S/C19H28N2O3S/c1-4-24-19(23)21-10-7-16(8-11-21)20-18(22)9-12-25-17-6-5-14(2)15(3)13-17/h5-6,13,16H,4,7-12H2,1-3H3,(H,20,22). The highest BCUT2D eigenvalue weighted by atomic mass is 32.2. The number of hydrogen-bond acceptors (Lipinski definition) is 4. The van der Waals surface area contributed by atoms with Gasteiger partial charge in [0.1, 0.15) is 0 Å². The number of hydrogen-bond donors (Lipinski definition) is 1. The zero-order valence-corrected chi connectivity index (χ0v) is 16.2. The lowest BCUT2D eigenvalue weighted by molar-refractivity contribution is -0.121. The Morgan fingerprint density at radius 3 is 2.60 bits per heavy atom. The van der Waals surface area contributed by atoms with Crippen LogP contribution in [0.1, 0.15) is 37.3 Å². The van der Waals surface area contributed by atoms with Crippen molar-refractivity contribution in [2.45, 2.75) is 51.0 Å². The van der Waals surface area contributed by atoms with E-state index < -0.39 is 0 Å². The molecule has 1 saturated heterocycles. The number of piperidine rings is 1. The summed E-state index contributed by atoms with van der Waals surface area (Å²) < 4.78 is 5.01. The number of nitrogens with zero attached hydrogens (tertiary/aromatic N) is 1. The molecule has 0 unspecified atom stereocenters. The minimum Gasteiger partial charge on any atom is -0.450 e. The third-order valence-corrected chi connectivity index (χ3v) is 5.46. The van der Waals surface area contributed by atoms with Crippen LogP contribution in [0.15, 0.2) is 23.1 Å². The Morgan fingerprint density at radius 2 is 1.96 bits per heavy atom. The summed E-state index contributed by atoms with van der Waals surface area (Å²) in [6.45, 7) is 7.69. The summed E-state index contributed by atoms with van der Waals surface area (Å²) in [5.74, 6) is 0.863. The Kier molecular flexibility index (Phi) is 7.62. The van der Waals surface area contributed by atoms with Gasteiger partial charge < -0.3 is 15.0 Å². The number of carbonyl (C=O) groups is 2. The topological polar surface area (TPSA) is 58.6 Å². The number of carbonyl (C=O) groups excluding carboxylic acids is 2. The van der Waals surface area contributed by atoms with Crippen LogP contribution in [-0.4, -0.2) is 48.4 Å². The molecule has 0 radical (unpaired) electrons. The fourth-order valence-electron chi connectivity index (χ4n) is 2.79. The highest BCUT2D eigenvalue weighted by Crippen LogP contribution is 2.21. The molecular weight excluding hydrogens is 336 g/mol. The SMILES string of the molecule is CCOC(=O)N1CCC(NC(=O)CCSc2ccc(C)c(C)c2)CC1. The van der Waals surface area contributed by atoms with Crippen LogP contribution >= 0.6 is 11.8 Å². The van der Waals surface area contributed by atoms with E-state index in [1.54, 1.807) is 23.6 Å². The first-order valence-electron chi connectivity index (χ1n) is 8.90. The summed E-state index contributed by atoms with van der Waals surface area (Å²) in [4.78, 5) is 26.7. The zero-order chi connectivity index (χ0) is 18.2. The van der Waals surface area contributed by atoms with E-state index in [0.29, 0.717) is 26.1 Å². The summed E-state index contributed by atoms with van der Waals surface area (Å²) in [6, 6.07) is 6.55. The number of rotatable bonds is 6. The monoisotopic (exact) mass is 364 g/mol. The van der Waals surface area contributed by atoms with Gasteiger partial charge in [0, 0.05) is 36.2 Å². The van der Waals surface area contributed by atoms with Crippen molar-refractivity contribution >= 4 is 23.8 Å². The molecule has 0 saturated carbocycles. The molecule has 1 fully saturated rings. The minimum absolute atomic E-state index is 0.0888. The second kappa shape index (κ2) is 9.70. The summed E-state index contributed by atoms with van der Waals surface area (Å²) in [7, 11) is 0. The molecule has 0 aliphatic carbocycles. The van der Waals surface area contributed by atoms with Gasteiger partial charge in [-0.05, 0) is 56.9 Å². The normalized spacial score (nSPS) is 15.1. The lowest BCUT2D eigenvalue weighted by atomic mass is 10.1. The molecule has 0 atom stereocenters. The van der Waals surface area contributed by atoms with Gasteiger partial charge in [0.15, 0.2) is 0 Å². The predicted molar refractivity (Wildman–Crippen MR) is 101 cm³/mol. The summed E-state index contributed by atoms with van der Waals surface area (Å²) in [5.41, 5.74) is 2.57. The van der Waals surface area contributed by atoms with Crippen molar-refractivity contribution in [3.05, 3.63) is 29.3 Å². The van der Waals surface area contributed by atoms with Gasteiger partial charge in [0.2, 0.25) is 5.91 Å². The van der Waals surface area contributed by atoms with Crippen LogP contribution in [0.2, 0.25) is 0 Å². The second-order valence-electron chi connectivity index (χ2n) is 6.37. The third-order valence-electron chi connectivity index (χ3n) is 4.46. The van der Waals surface area contributed by atoms with Gasteiger partial charge in [0.25, 0.3) is 0 Å². The lowest BCUT2D eigenvalue weighted by Crippen LogP contribution is -2.46. The molecule has 1 heterocycles. The van der Waals surface area contributed by atoms with Crippen LogP contribution in [0.5, 0.6) is 0 Å². The average molecular weight is 365 g/mol. The minimum atomic E-state index is -0.253. The van der Waals surface area contributed by atoms with Gasteiger partial charge in [-0.3, -0.25) is 4.79 Å². The van der Waals surface area contributed by atoms with E-state index in [1.807, 2.05) is 0 Å². The third kappa shape index (κ3) is 6.27. The molecule has 0 aromatic heterocycles. The predicted octanol–water partition coefficient (Wildman–Crippen LogP) is 3.52. The van der Waals surface area contributed by atoms with Crippen LogP contribution in [0.3, 0.4) is 0 Å². The smallest absolute Gasteiger partial charge is 0.409 e. The van der Waals surface area contributed by atoms with E-state index in [1.165, 1.54) is 16.0 Å². The Bertz CT molecular complexity index is 598. The molecule has 1 aliphatic rings. The molecular formula is C19H28N2O3S. The van der Waals surface area contributed by atoms with Crippen molar-refractivity contribution in [2.24, 2.45) is 0 Å². The van der Waals surface area contributed by atoms with Crippen molar-refractivity contribution in [1.82, 2.24) is 10.2 Å². The maximum Gasteiger partial charge on any atom is 0.409 e. The number of thioether (sulfide) groups is 1. The number of aryl methyl sites for hydroxylation is 2. The van der Waals surface area contributed by atoms with Crippen molar-refractivity contribution < 1.29 is 14.3 Å². The van der Waals surface area contributed by atoms with Crippen molar-refractivity contribution in [2.75, 3.05) is 25.4 Å². The fourth-order valence-corrected chi connectivity index (χ4v) is 3.73. The van der Waals surface area contributed by atoms with Crippen LogP contribution in [0, 0.1) is 13.8 Å². The van der Waals surface area contributed by atoms with Gasteiger partial charge in [-0.25, -0.2) is 4.79 Å². The maximum absolute atomic E-state index is 12.1. The van der Waals surface area contributed by atoms with Crippen molar-refractivity contribution in [1.29, 1.82) is 0 Å². The van der Waals surface area contributed by atoms with Crippen LogP contribution in [-0.2, 0) is 9.53 Å². The Balaban J connectivity index is 1.66. The summed E-state index contributed by atoms with van der Waals surface area (Å²) in [6.07, 6.45) is 1.83. The van der Waals surface area contributed by atoms with Crippen LogP contribution < -0.4 is 5.32 Å². The van der Waals surface area contributed by atoms with Gasteiger partial charge in [-0.2, -0.15) is 0 Å². The number of nitrogens with one attached hydrogen (secondary N) is 1. The van der Waals surface area contributed by atoms with Gasteiger partial charge in [-0.15, -0.1) is 11.8 Å². The summed E-state index contributed by atoms with van der Waals surface area (Å²) >= 11 is 1.71. The highest BCUT2D eigenvalue weighted by Gasteiger charge is 2.24. The Labute approximate surface area is 154 Å². The molecule has 1 aromatic carbocycles. The number of likely N-dealkylation sites (tertiary alicyclic amines) is 1. The largest absolute Gasteiger partial charge is 0.450 e. The quantitative estimate of drug-likeness (QED) is 0.785. The molecule has 0 spiro atoms. The van der Waals surface area contributed by atoms with E-state index in [-0.39, 0.29) is 18.0 Å². The van der Waals surface area contributed by atoms with Crippen molar-refractivity contribution in [3.8, 4) is 0 Å². The molecule has 5 nitrogen and oxygen atoms in total. The Hall–Kier alpha value is -1.69. The molecule has 0 bridgehead atoms. The van der Waals surface area contributed by atoms with Crippen LogP contribution in [0.25, 0.3) is 0 Å². The first-order valence-corrected chi connectivity index (χ1v) is 9.89. The van der Waals surface area contributed by atoms with Gasteiger partial charge in [0.05, 0.1) is 6.61 Å². The van der Waals surface area contributed by atoms with Crippen molar-refractivity contribution in [3.63, 3.8) is 0 Å². The molecule has 25 heavy (non-hydrogen) atoms. The molecule has 2 amide bonds. The molecule has 1 aliphatic heterocycles. The maximum atomic E-state index is 12.1. The average Bonchev–Trinajstić information content (AvgIpc) is 2.59. The van der Waals surface area contributed by atoms with Crippen LogP contribution in [0.4, 0.5) is 4.79 Å². The number of amides is 2. The first-order chi connectivity index (χ1) is 12.0. The molecule has 2 rings (SSSR count). The van der Waals surface area contributed by atoms with Gasteiger partial charge in [-0.1, -0.05) is 6.07 Å². The van der Waals surface area contributed by atoms with E-state index >= 15 is 0 Å². The molecule has 6 heteroatoms. The van der Waals surface area contributed by atoms with E-state index in [9.17, 15) is 9.59 Å². The molecule has 1 aromatic rings. The first kappa shape index (κ1) is 19.6. The van der Waals surface area contributed by atoms with Gasteiger partial charge >= 0.3 is 6.09 Å². The zero-order valence-electron chi connectivity index (χ0n) is 15.3. The van der Waals surface area contributed by atoms with E-state index in [4.69, 9.17) is 4.74 Å². The second-order valence-corrected chi connectivity index (χ2v) is 7.54. The molecule has 1 N–H and O–H groups in total. The summed E-state index contributed by atoms with van der Waals surface area (Å²) in [5, 5.41) is 3.09. The highest BCUT2D eigenvalue weighted by molar-refractivity contribution is 7.99. The van der Waals surface area contributed by atoms with E-state index in [0.717, 1.165) is 18.6 Å². The number of benzene rings is 1. The van der Waals surface area contributed by atoms with E-state index in [2.05, 4.69) is 37.4 Å².